The quantitative estimate of drug-likeness (QED) is 0.462. The monoisotopic (exact) mass is 524 g/mol. The van der Waals surface area contributed by atoms with Crippen molar-refractivity contribution in [3.05, 3.63) is 36.0 Å². The fourth-order valence-corrected chi connectivity index (χ4v) is 4.66. The number of aliphatic carboxylic acids is 1. The number of carboxylic acids is 1. The Balaban J connectivity index is 1.34. The van der Waals surface area contributed by atoms with Gasteiger partial charge in [-0.3, -0.25) is 4.79 Å². The molecule has 1 fully saturated rings. The van der Waals surface area contributed by atoms with E-state index in [1.807, 2.05) is 0 Å². The number of benzene rings is 1. The first-order chi connectivity index (χ1) is 17.7. The Morgan fingerprint density at radius 2 is 1.97 bits per heavy atom. The molecule has 3 heterocycles. The highest BCUT2D eigenvalue weighted by molar-refractivity contribution is 5.68. The molecule has 0 bridgehead atoms. The van der Waals surface area contributed by atoms with Crippen LogP contribution in [0.5, 0.6) is 23.1 Å². The van der Waals surface area contributed by atoms with Crippen LogP contribution in [0.2, 0.25) is 0 Å². The third kappa shape index (κ3) is 7.33. The summed E-state index contributed by atoms with van der Waals surface area (Å²) < 4.78 is 60.1. The molecule has 8 nitrogen and oxygen atoms in total. The number of alkyl halides is 3. The zero-order chi connectivity index (χ0) is 26.4. The van der Waals surface area contributed by atoms with E-state index in [0.29, 0.717) is 61.5 Å². The molecule has 0 saturated carbocycles. The number of hydrogen-bond acceptors (Lipinski definition) is 7. The third-order valence-electron chi connectivity index (χ3n) is 6.69. The first-order valence-corrected chi connectivity index (χ1v) is 12.3. The zero-order valence-corrected chi connectivity index (χ0v) is 20.6. The van der Waals surface area contributed by atoms with Crippen LogP contribution < -0.4 is 23.8 Å². The van der Waals surface area contributed by atoms with Crippen molar-refractivity contribution < 1.29 is 42.0 Å². The molecule has 0 spiro atoms. The molecule has 0 radical (unpaired) electrons. The standard InChI is InChI=1S/C26H31F3N2O6/c1-34-19-2-3-22(36-11-7-26(27,28)29)21(13-19)31-8-4-17(5-9-31)16-37-24-14-20-18(12-25(32)33)6-10-35-23(20)15-30-24/h2-3,13-15,17-18H,4-12,16H2,1H3,(H,32,33). The fourth-order valence-electron chi connectivity index (χ4n) is 4.66. The number of hydrogen-bond donors (Lipinski definition) is 1. The van der Waals surface area contributed by atoms with Gasteiger partial charge in [-0.2, -0.15) is 13.2 Å². The topological polar surface area (TPSA) is 90.4 Å². The number of fused-ring (bicyclic) bond motifs is 1. The van der Waals surface area contributed by atoms with Gasteiger partial charge in [0.25, 0.3) is 0 Å². The van der Waals surface area contributed by atoms with Gasteiger partial charge >= 0.3 is 12.1 Å². The lowest BCUT2D eigenvalue weighted by Gasteiger charge is -2.34. The number of pyridine rings is 1. The van der Waals surface area contributed by atoms with Crippen molar-refractivity contribution in [3.8, 4) is 23.1 Å². The summed E-state index contributed by atoms with van der Waals surface area (Å²) in [6, 6.07) is 6.87. The van der Waals surface area contributed by atoms with E-state index in [1.54, 1.807) is 30.5 Å². The van der Waals surface area contributed by atoms with Gasteiger partial charge in [-0.1, -0.05) is 0 Å². The summed E-state index contributed by atoms with van der Waals surface area (Å²) in [7, 11) is 1.54. The van der Waals surface area contributed by atoms with E-state index in [-0.39, 0.29) is 18.3 Å². The van der Waals surface area contributed by atoms with Crippen LogP contribution in [0.3, 0.4) is 0 Å². The van der Waals surface area contributed by atoms with Crippen LogP contribution in [-0.2, 0) is 4.79 Å². The first-order valence-electron chi connectivity index (χ1n) is 12.3. The average Bonchev–Trinajstić information content (AvgIpc) is 2.87. The highest BCUT2D eigenvalue weighted by Crippen LogP contribution is 2.38. The lowest BCUT2D eigenvalue weighted by molar-refractivity contribution is -0.140. The van der Waals surface area contributed by atoms with E-state index in [4.69, 9.17) is 18.9 Å². The number of methoxy groups -OCH3 is 1. The molecule has 1 aromatic heterocycles. The number of carboxylic acid groups (broad SMARTS) is 1. The summed E-state index contributed by atoms with van der Waals surface area (Å²) in [5.41, 5.74) is 1.52. The maximum Gasteiger partial charge on any atom is 0.392 e. The number of piperidine rings is 1. The molecule has 2 aromatic rings. The second-order valence-corrected chi connectivity index (χ2v) is 9.28. The minimum absolute atomic E-state index is 0.0322. The molecular weight excluding hydrogens is 493 g/mol. The minimum atomic E-state index is -4.28. The van der Waals surface area contributed by atoms with Crippen molar-refractivity contribution in [2.24, 2.45) is 5.92 Å². The zero-order valence-electron chi connectivity index (χ0n) is 20.6. The molecule has 1 N–H and O–H groups in total. The van der Waals surface area contributed by atoms with E-state index < -0.39 is 25.2 Å². The van der Waals surface area contributed by atoms with E-state index in [1.165, 1.54) is 7.11 Å². The van der Waals surface area contributed by atoms with Crippen LogP contribution >= 0.6 is 0 Å². The van der Waals surface area contributed by atoms with Crippen molar-refractivity contribution >= 4 is 11.7 Å². The predicted octanol–water partition coefficient (Wildman–Crippen LogP) is 5.06. The Morgan fingerprint density at radius 3 is 2.68 bits per heavy atom. The molecule has 0 amide bonds. The lowest BCUT2D eigenvalue weighted by atomic mass is 9.91. The normalized spacial score (nSPS) is 18.1. The predicted molar refractivity (Wildman–Crippen MR) is 129 cm³/mol. The Morgan fingerprint density at radius 1 is 1.19 bits per heavy atom. The summed E-state index contributed by atoms with van der Waals surface area (Å²) in [5.74, 6) is 1.32. The average molecular weight is 525 g/mol. The van der Waals surface area contributed by atoms with Crippen LogP contribution in [0.1, 0.15) is 43.6 Å². The van der Waals surface area contributed by atoms with Crippen molar-refractivity contribution in [1.82, 2.24) is 4.98 Å². The Bertz CT molecular complexity index is 1070. The van der Waals surface area contributed by atoms with Crippen molar-refractivity contribution in [2.45, 2.75) is 44.2 Å². The molecule has 37 heavy (non-hydrogen) atoms. The van der Waals surface area contributed by atoms with E-state index >= 15 is 0 Å². The minimum Gasteiger partial charge on any atom is -0.497 e. The molecule has 1 saturated heterocycles. The molecular formula is C26H31F3N2O6. The molecule has 11 heteroatoms. The van der Waals surface area contributed by atoms with Crippen molar-refractivity contribution in [1.29, 1.82) is 0 Å². The second kappa shape index (κ2) is 11.8. The fraction of sp³-hybridized carbons (Fsp3) is 0.538. The van der Waals surface area contributed by atoms with Gasteiger partial charge in [0.1, 0.15) is 17.2 Å². The number of anilines is 1. The molecule has 1 unspecified atom stereocenters. The van der Waals surface area contributed by atoms with Gasteiger partial charge in [0, 0.05) is 36.7 Å². The molecule has 2 aliphatic rings. The number of aromatic nitrogens is 1. The third-order valence-corrected chi connectivity index (χ3v) is 6.69. The SMILES string of the molecule is COc1ccc(OCCC(F)(F)F)c(N2CCC(COc3cc4c(cn3)OCCC4CC(=O)O)CC2)c1. The number of rotatable bonds is 10. The Kier molecular flexibility index (Phi) is 8.50. The van der Waals surface area contributed by atoms with Crippen LogP contribution in [-0.4, -0.2) is 62.3 Å². The molecule has 0 aliphatic carbocycles. The van der Waals surface area contributed by atoms with Gasteiger partial charge in [0.2, 0.25) is 5.88 Å². The van der Waals surface area contributed by atoms with E-state index in [9.17, 15) is 23.1 Å². The smallest absolute Gasteiger partial charge is 0.392 e. The van der Waals surface area contributed by atoms with Crippen LogP contribution in [0, 0.1) is 5.92 Å². The van der Waals surface area contributed by atoms with Crippen LogP contribution in [0.25, 0.3) is 0 Å². The maximum atomic E-state index is 12.6. The van der Waals surface area contributed by atoms with E-state index in [0.717, 1.165) is 18.4 Å². The lowest BCUT2D eigenvalue weighted by Crippen LogP contribution is -2.35. The highest BCUT2D eigenvalue weighted by atomic mass is 19.4. The maximum absolute atomic E-state index is 12.6. The highest BCUT2D eigenvalue weighted by Gasteiger charge is 2.28. The van der Waals surface area contributed by atoms with Gasteiger partial charge in [-0.25, -0.2) is 4.98 Å². The van der Waals surface area contributed by atoms with Crippen molar-refractivity contribution in [2.75, 3.05) is 44.9 Å². The summed E-state index contributed by atoms with van der Waals surface area (Å²) in [5, 5.41) is 9.21. The van der Waals surface area contributed by atoms with Crippen LogP contribution in [0.4, 0.5) is 18.9 Å². The van der Waals surface area contributed by atoms with Crippen molar-refractivity contribution in [3.63, 3.8) is 0 Å². The van der Waals surface area contributed by atoms with Gasteiger partial charge in [0.05, 0.1) is 51.7 Å². The summed E-state index contributed by atoms with van der Waals surface area (Å²) in [6.07, 6.45) is -1.41. The van der Waals surface area contributed by atoms with Gasteiger partial charge in [-0.05, 0) is 37.3 Å². The summed E-state index contributed by atoms with van der Waals surface area (Å²) >= 11 is 0. The summed E-state index contributed by atoms with van der Waals surface area (Å²) in [6.45, 7) is 1.84. The van der Waals surface area contributed by atoms with Gasteiger partial charge in [0.15, 0.2) is 0 Å². The Hall–Kier alpha value is -3.37. The largest absolute Gasteiger partial charge is 0.497 e. The number of nitrogens with zero attached hydrogens (tertiary/aromatic N) is 2. The molecule has 1 aromatic carbocycles. The van der Waals surface area contributed by atoms with Gasteiger partial charge in [-0.15, -0.1) is 0 Å². The second-order valence-electron chi connectivity index (χ2n) is 9.28. The van der Waals surface area contributed by atoms with Crippen LogP contribution in [0.15, 0.2) is 30.5 Å². The molecule has 2 aliphatic heterocycles. The number of carbonyl (C=O) groups is 1. The van der Waals surface area contributed by atoms with E-state index in [2.05, 4.69) is 9.88 Å². The number of ether oxygens (including phenoxy) is 4. The number of halogens is 3. The van der Waals surface area contributed by atoms with Gasteiger partial charge < -0.3 is 29.0 Å². The molecule has 4 rings (SSSR count). The molecule has 1 atom stereocenters. The first kappa shape index (κ1) is 26.7. The molecule has 202 valence electrons. The summed E-state index contributed by atoms with van der Waals surface area (Å²) in [4.78, 5) is 17.6. The Labute approximate surface area is 213 Å².